The lowest BCUT2D eigenvalue weighted by Gasteiger charge is -2.28. The molecule has 8 nitrogen and oxygen atoms in total. The number of carboxylic acids is 1. The van der Waals surface area contributed by atoms with E-state index in [1.54, 1.807) is 39.0 Å². The topological polar surface area (TPSA) is 120 Å². The van der Waals surface area contributed by atoms with Gasteiger partial charge in [-0.3, -0.25) is 0 Å². The van der Waals surface area contributed by atoms with Gasteiger partial charge in [-0.1, -0.05) is 39.5 Å². The van der Waals surface area contributed by atoms with Gasteiger partial charge in [0.25, 0.3) is 0 Å². The molecule has 1 aliphatic rings. The summed E-state index contributed by atoms with van der Waals surface area (Å²) in [7, 11) is 3.06. The van der Waals surface area contributed by atoms with Crippen molar-refractivity contribution in [1.82, 2.24) is 5.32 Å². The number of hydrogen-bond donors (Lipinski definition) is 3. The quantitative estimate of drug-likeness (QED) is 0.533. The summed E-state index contributed by atoms with van der Waals surface area (Å²) in [5, 5.41) is 11.7. The van der Waals surface area contributed by atoms with E-state index in [-0.39, 0.29) is 5.92 Å². The summed E-state index contributed by atoms with van der Waals surface area (Å²) in [6.07, 6.45) is 6.49. The first-order valence-corrected chi connectivity index (χ1v) is 11.3. The second kappa shape index (κ2) is 13.2. The number of alkyl carbamates (subject to hydrolysis) is 1. The Labute approximate surface area is 191 Å². The molecule has 2 atom stereocenters. The van der Waals surface area contributed by atoms with Crippen LogP contribution in [0.15, 0.2) is 18.2 Å². The van der Waals surface area contributed by atoms with Crippen LogP contribution in [0.25, 0.3) is 0 Å². The molecule has 4 N–H and O–H groups in total. The lowest BCUT2D eigenvalue weighted by Crippen LogP contribution is -2.46. The number of nitrogens with one attached hydrogen (secondary N) is 1. The van der Waals surface area contributed by atoms with E-state index < -0.39 is 23.7 Å². The second-order valence-electron chi connectivity index (χ2n) is 8.75. The molecule has 0 spiro atoms. The summed E-state index contributed by atoms with van der Waals surface area (Å²) in [5.41, 5.74) is 5.29. The Morgan fingerprint density at radius 3 is 2.03 bits per heavy atom. The van der Waals surface area contributed by atoms with Crippen LogP contribution in [0.4, 0.5) is 4.79 Å². The molecule has 1 aromatic rings. The zero-order valence-corrected chi connectivity index (χ0v) is 20.3. The second-order valence-corrected chi connectivity index (χ2v) is 8.75. The maximum Gasteiger partial charge on any atom is 0.408 e. The number of carbonyl (C=O) groups is 2. The Bertz CT molecular complexity index is 709. The number of benzene rings is 1. The van der Waals surface area contributed by atoms with E-state index in [9.17, 15) is 14.7 Å². The third kappa shape index (κ3) is 8.94. The fourth-order valence-corrected chi connectivity index (χ4v) is 3.42. The highest BCUT2D eigenvalue weighted by atomic mass is 16.6. The molecule has 0 heterocycles. The van der Waals surface area contributed by atoms with E-state index in [4.69, 9.17) is 19.9 Å². The molecule has 1 aromatic carbocycles. The standard InChI is InChI=1S/C18H27NO6.C6H13N/c1-7-11(2)15(16(20)21)19-17(22)25-18(3,4)12-8-13(23-5)10-14(9-12)24-6;7-6-4-2-1-3-5-6/h8-11,15H,7H2,1-6H3,(H,19,22)(H,20,21);6H,1-5,7H2/t11?,15-;/m0./s1. The Hall–Kier alpha value is -2.48. The van der Waals surface area contributed by atoms with E-state index in [1.165, 1.54) is 46.3 Å². The van der Waals surface area contributed by atoms with Gasteiger partial charge in [0, 0.05) is 17.7 Å². The van der Waals surface area contributed by atoms with Crippen molar-refractivity contribution in [3.63, 3.8) is 0 Å². The van der Waals surface area contributed by atoms with Crippen molar-refractivity contribution >= 4 is 12.1 Å². The molecule has 0 aromatic heterocycles. The van der Waals surface area contributed by atoms with E-state index in [0.717, 1.165) is 0 Å². The molecule has 1 saturated carbocycles. The zero-order chi connectivity index (χ0) is 24.3. The van der Waals surface area contributed by atoms with Gasteiger partial charge in [0.1, 0.15) is 23.1 Å². The minimum absolute atomic E-state index is 0.218. The first-order valence-electron chi connectivity index (χ1n) is 11.3. The van der Waals surface area contributed by atoms with Crippen molar-refractivity contribution < 1.29 is 28.9 Å². The molecule has 0 saturated heterocycles. The molecule has 1 unspecified atom stereocenters. The highest BCUT2D eigenvalue weighted by molar-refractivity contribution is 5.80. The SMILES string of the molecule is CCC(C)[C@H](NC(=O)OC(C)(C)c1cc(OC)cc(OC)c1)C(=O)O.NC1CCCCC1. The van der Waals surface area contributed by atoms with Gasteiger partial charge in [-0.25, -0.2) is 9.59 Å². The fourth-order valence-electron chi connectivity index (χ4n) is 3.42. The van der Waals surface area contributed by atoms with Crippen molar-refractivity contribution in [1.29, 1.82) is 0 Å². The molecule has 0 aliphatic heterocycles. The summed E-state index contributed by atoms with van der Waals surface area (Å²) in [5.74, 6) is -0.180. The predicted molar refractivity (Wildman–Crippen MR) is 124 cm³/mol. The highest BCUT2D eigenvalue weighted by Gasteiger charge is 2.31. The van der Waals surface area contributed by atoms with Crippen LogP contribution < -0.4 is 20.5 Å². The first-order chi connectivity index (χ1) is 15.0. The minimum Gasteiger partial charge on any atom is -0.497 e. The van der Waals surface area contributed by atoms with Gasteiger partial charge in [0.05, 0.1) is 14.2 Å². The number of nitrogens with two attached hydrogens (primary N) is 1. The number of hydrogen-bond acceptors (Lipinski definition) is 6. The summed E-state index contributed by atoms with van der Waals surface area (Å²) in [6.45, 7) is 7.04. The maximum absolute atomic E-state index is 12.2. The lowest BCUT2D eigenvalue weighted by atomic mass is 9.97. The number of aliphatic carboxylic acids is 1. The van der Waals surface area contributed by atoms with Gasteiger partial charge in [-0.2, -0.15) is 0 Å². The van der Waals surface area contributed by atoms with Crippen molar-refractivity contribution in [3.05, 3.63) is 23.8 Å². The molecule has 8 heteroatoms. The van der Waals surface area contributed by atoms with E-state index in [1.807, 2.05) is 6.92 Å². The summed E-state index contributed by atoms with van der Waals surface area (Å²) >= 11 is 0. The Morgan fingerprint density at radius 2 is 1.66 bits per heavy atom. The van der Waals surface area contributed by atoms with E-state index >= 15 is 0 Å². The zero-order valence-electron chi connectivity index (χ0n) is 20.3. The lowest BCUT2D eigenvalue weighted by molar-refractivity contribution is -0.140. The van der Waals surface area contributed by atoms with Crippen LogP contribution in [-0.2, 0) is 15.1 Å². The number of carbonyl (C=O) groups excluding carboxylic acids is 1. The Kier molecular flexibility index (Phi) is 11.3. The van der Waals surface area contributed by atoms with Crippen LogP contribution in [0.5, 0.6) is 11.5 Å². The normalized spacial score (nSPS) is 16.1. The van der Waals surface area contributed by atoms with Gasteiger partial charge in [-0.15, -0.1) is 0 Å². The molecular formula is C24H40N2O6. The summed E-state index contributed by atoms with van der Waals surface area (Å²) in [6, 6.07) is 4.71. The van der Waals surface area contributed by atoms with Gasteiger partial charge >= 0.3 is 12.1 Å². The van der Waals surface area contributed by atoms with Crippen LogP contribution in [0, 0.1) is 5.92 Å². The van der Waals surface area contributed by atoms with Crippen LogP contribution >= 0.6 is 0 Å². The van der Waals surface area contributed by atoms with Crippen molar-refractivity contribution in [3.8, 4) is 11.5 Å². The fraction of sp³-hybridized carbons (Fsp3) is 0.667. The molecular weight excluding hydrogens is 412 g/mol. The first kappa shape index (κ1) is 27.6. The van der Waals surface area contributed by atoms with E-state index in [0.29, 0.717) is 29.5 Å². The van der Waals surface area contributed by atoms with Crippen LogP contribution in [0.2, 0.25) is 0 Å². The number of amides is 1. The predicted octanol–water partition coefficient (Wildman–Crippen LogP) is 4.44. The minimum atomic E-state index is -1.09. The van der Waals surface area contributed by atoms with Gasteiger partial charge in [0.15, 0.2) is 0 Å². The molecule has 1 amide bonds. The Balaban J connectivity index is 0.000000616. The van der Waals surface area contributed by atoms with Crippen LogP contribution in [0.1, 0.15) is 71.8 Å². The average Bonchev–Trinajstić information content (AvgIpc) is 2.77. The summed E-state index contributed by atoms with van der Waals surface area (Å²) in [4.78, 5) is 23.6. The molecule has 1 aliphatic carbocycles. The molecule has 1 fully saturated rings. The van der Waals surface area contributed by atoms with Gasteiger partial charge in [-0.05, 0) is 44.7 Å². The molecule has 0 bridgehead atoms. The van der Waals surface area contributed by atoms with Gasteiger partial charge in [0.2, 0.25) is 0 Å². The van der Waals surface area contributed by atoms with Crippen LogP contribution in [-0.4, -0.2) is 43.5 Å². The molecule has 2 rings (SSSR count). The number of carboxylic acid groups (broad SMARTS) is 1. The maximum atomic E-state index is 12.2. The Morgan fingerprint density at radius 1 is 1.12 bits per heavy atom. The smallest absolute Gasteiger partial charge is 0.408 e. The number of ether oxygens (including phenoxy) is 3. The largest absolute Gasteiger partial charge is 0.497 e. The van der Waals surface area contributed by atoms with Crippen molar-refractivity contribution in [2.75, 3.05) is 14.2 Å². The summed E-state index contributed by atoms with van der Waals surface area (Å²) < 4.78 is 15.9. The van der Waals surface area contributed by atoms with E-state index in [2.05, 4.69) is 5.32 Å². The van der Waals surface area contributed by atoms with Crippen LogP contribution in [0.3, 0.4) is 0 Å². The number of rotatable bonds is 8. The monoisotopic (exact) mass is 452 g/mol. The molecule has 0 radical (unpaired) electrons. The number of methoxy groups -OCH3 is 2. The molecule has 182 valence electrons. The highest BCUT2D eigenvalue weighted by Crippen LogP contribution is 2.32. The van der Waals surface area contributed by atoms with Crippen molar-refractivity contribution in [2.45, 2.75) is 83.9 Å². The average molecular weight is 453 g/mol. The molecule has 32 heavy (non-hydrogen) atoms. The van der Waals surface area contributed by atoms with Gasteiger partial charge < -0.3 is 30.4 Å². The van der Waals surface area contributed by atoms with Crippen molar-refractivity contribution in [2.24, 2.45) is 11.7 Å². The third-order valence-electron chi connectivity index (χ3n) is 5.80. The third-order valence-corrected chi connectivity index (χ3v) is 5.80.